The molecule has 1 aliphatic heterocycles. The lowest BCUT2D eigenvalue weighted by molar-refractivity contribution is 0.583. The van der Waals surface area contributed by atoms with Crippen molar-refractivity contribution in [3.63, 3.8) is 0 Å². The third kappa shape index (κ3) is 1.76. The van der Waals surface area contributed by atoms with Crippen molar-refractivity contribution in [1.82, 2.24) is 25.1 Å². The van der Waals surface area contributed by atoms with Gasteiger partial charge in [0, 0.05) is 19.5 Å². The van der Waals surface area contributed by atoms with Crippen LogP contribution in [0.25, 0.3) is 4.96 Å². The third-order valence-corrected chi connectivity index (χ3v) is 4.79. The molecule has 0 bridgehead atoms. The van der Waals surface area contributed by atoms with Crippen LogP contribution in [0.15, 0.2) is 24.3 Å². The lowest BCUT2D eigenvalue weighted by Crippen LogP contribution is -2.28. The molecule has 6 heteroatoms. The normalized spacial score (nSPS) is 18.4. The number of fused-ring (bicyclic) bond motifs is 2. The van der Waals surface area contributed by atoms with Crippen LogP contribution in [0.2, 0.25) is 0 Å². The highest BCUT2D eigenvalue weighted by molar-refractivity contribution is 7.16. The zero-order chi connectivity index (χ0) is 13.5. The fourth-order valence-electron chi connectivity index (χ4n) is 2.75. The van der Waals surface area contributed by atoms with E-state index in [-0.39, 0.29) is 0 Å². The van der Waals surface area contributed by atoms with E-state index in [0.717, 1.165) is 35.3 Å². The molecule has 1 aromatic carbocycles. The molecule has 102 valence electrons. The number of aromatic nitrogens is 4. The maximum Gasteiger partial charge on any atom is 0.234 e. The summed E-state index contributed by atoms with van der Waals surface area (Å²) in [7, 11) is 0. The quantitative estimate of drug-likeness (QED) is 0.782. The number of hydrogen-bond acceptors (Lipinski definition) is 5. The van der Waals surface area contributed by atoms with Crippen LogP contribution >= 0.6 is 11.3 Å². The van der Waals surface area contributed by atoms with Crippen molar-refractivity contribution in [3.05, 3.63) is 46.2 Å². The zero-order valence-corrected chi connectivity index (χ0v) is 12.0. The SMILES string of the molecule is CCc1nnc2sc(C3CNCc4ccccc43)nn12. The van der Waals surface area contributed by atoms with Crippen LogP contribution < -0.4 is 5.32 Å². The molecule has 5 nitrogen and oxygen atoms in total. The van der Waals surface area contributed by atoms with Crippen molar-refractivity contribution in [2.24, 2.45) is 0 Å². The minimum Gasteiger partial charge on any atom is -0.312 e. The molecule has 0 amide bonds. The van der Waals surface area contributed by atoms with Crippen molar-refractivity contribution < 1.29 is 0 Å². The first-order chi connectivity index (χ1) is 9.86. The van der Waals surface area contributed by atoms with E-state index in [1.165, 1.54) is 11.1 Å². The third-order valence-electron chi connectivity index (χ3n) is 3.78. The Morgan fingerprint density at radius 1 is 1.35 bits per heavy atom. The minimum absolute atomic E-state index is 0.316. The summed E-state index contributed by atoms with van der Waals surface area (Å²) in [5.74, 6) is 1.25. The molecule has 1 unspecified atom stereocenters. The van der Waals surface area contributed by atoms with Gasteiger partial charge in [0.25, 0.3) is 0 Å². The second-order valence-electron chi connectivity index (χ2n) is 4.99. The Labute approximate surface area is 120 Å². The number of aryl methyl sites for hydroxylation is 1. The van der Waals surface area contributed by atoms with Gasteiger partial charge in [0.2, 0.25) is 4.96 Å². The number of benzene rings is 1. The average Bonchev–Trinajstić information content (AvgIpc) is 3.06. The Hall–Kier alpha value is -1.79. The van der Waals surface area contributed by atoms with Crippen molar-refractivity contribution in [2.45, 2.75) is 25.8 Å². The second-order valence-corrected chi connectivity index (χ2v) is 5.97. The fraction of sp³-hybridized carbons (Fsp3) is 0.357. The first-order valence-corrected chi connectivity index (χ1v) is 7.68. The molecule has 0 saturated heterocycles. The van der Waals surface area contributed by atoms with E-state index in [2.05, 4.69) is 46.7 Å². The lowest BCUT2D eigenvalue weighted by atomic mass is 9.91. The highest BCUT2D eigenvalue weighted by Gasteiger charge is 2.25. The zero-order valence-electron chi connectivity index (χ0n) is 11.2. The van der Waals surface area contributed by atoms with Crippen LogP contribution in [-0.4, -0.2) is 26.4 Å². The first kappa shape index (κ1) is 12.0. The smallest absolute Gasteiger partial charge is 0.234 e. The molecule has 20 heavy (non-hydrogen) atoms. The molecule has 2 aromatic heterocycles. The monoisotopic (exact) mass is 285 g/mol. The minimum atomic E-state index is 0.316. The molecule has 3 heterocycles. The van der Waals surface area contributed by atoms with Gasteiger partial charge in [-0.1, -0.05) is 42.5 Å². The highest BCUT2D eigenvalue weighted by atomic mass is 32.1. The largest absolute Gasteiger partial charge is 0.312 e. The maximum atomic E-state index is 4.74. The van der Waals surface area contributed by atoms with Gasteiger partial charge in [-0.25, -0.2) is 0 Å². The van der Waals surface area contributed by atoms with Crippen LogP contribution in [0, 0.1) is 0 Å². The Bertz CT molecular complexity index is 760. The van der Waals surface area contributed by atoms with Crippen molar-refractivity contribution in [3.8, 4) is 0 Å². The van der Waals surface area contributed by atoms with Gasteiger partial charge in [-0.3, -0.25) is 0 Å². The van der Waals surface area contributed by atoms with Gasteiger partial charge >= 0.3 is 0 Å². The topological polar surface area (TPSA) is 55.1 Å². The average molecular weight is 285 g/mol. The molecule has 0 radical (unpaired) electrons. The van der Waals surface area contributed by atoms with Crippen molar-refractivity contribution in [1.29, 1.82) is 0 Å². The number of hydrogen-bond donors (Lipinski definition) is 1. The fourth-order valence-corrected chi connectivity index (χ4v) is 3.73. The number of rotatable bonds is 2. The molecule has 1 aliphatic rings. The van der Waals surface area contributed by atoms with Crippen LogP contribution in [-0.2, 0) is 13.0 Å². The first-order valence-electron chi connectivity index (χ1n) is 6.86. The summed E-state index contributed by atoms with van der Waals surface area (Å²) in [5, 5.41) is 17.7. The van der Waals surface area contributed by atoms with E-state index < -0.39 is 0 Å². The lowest BCUT2D eigenvalue weighted by Gasteiger charge is -2.24. The predicted octanol–water partition coefficient (Wildman–Crippen LogP) is 1.98. The summed E-state index contributed by atoms with van der Waals surface area (Å²) in [6, 6.07) is 8.60. The van der Waals surface area contributed by atoms with E-state index in [4.69, 9.17) is 5.10 Å². The summed E-state index contributed by atoms with van der Waals surface area (Å²) in [4.78, 5) is 0.889. The van der Waals surface area contributed by atoms with E-state index in [1.807, 2.05) is 4.52 Å². The highest BCUT2D eigenvalue weighted by Crippen LogP contribution is 2.32. The predicted molar refractivity (Wildman–Crippen MR) is 78.0 cm³/mol. The van der Waals surface area contributed by atoms with E-state index in [9.17, 15) is 0 Å². The maximum absolute atomic E-state index is 4.74. The molecule has 0 aliphatic carbocycles. The van der Waals surface area contributed by atoms with Crippen LogP contribution in [0.1, 0.15) is 34.8 Å². The van der Waals surface area contributed by atoms with Gasteiger partial charge in [0.05, 0.1) is 5.92 Å². The van der Waals surface area contributed by atoms with Crippen molar-refractivity contribution >= 4 is 16.3 Å². The molecule has 4 rings (SSSR count). The van der Waals surface area contributed by atoms with E-state index >= 15 is 0 Å². The summed E-state index contributed by atoms with van der Waals surface area (Å²) in [5.41, 5.74) is 2.75. The summed E-state index contributed by atoms with van der Waals surface area (Å²) in [6.07, 6.45) is 0.851. The summed E-state index contributed by atoms with van der Waals surface area (Å²) >= 11 is 1.64. The van der Waals surface area contributed by atoms with E-state index in [1.54, 1.807) is 11.3 Å². The van der Waals surface area contributed by atoms with Gasteiger partial charge < -0.3 is 5.32 Å². The number of nitrogens with one attached hydrogen (secondary N) is 1. The Kier molecular flexibility index (Phi) is 2.78. The summed E-state index contributed by atoms with van der Waals surface area (Å²) in [6.45, 7) is 3.95. The van der Waals surface area contributed by atoms with Crippen molar-refractivity contribution in [2.75, 3.05) is 6.54 Å². The Balaban J connectivity index is 1.82. The standard InChI is InChI=1S/C14H15N5S/c1-2-12-16-17-14-19(12)18-13(20-14)11-8-15-7-9-5-3-4-6-10(9)11/h3-6,11,15H,2,7-8H2,1H3. The van der Waals surface area contributed by atoms with Gasteiger partial charge in [-0.05, 0) is 11.1 Å². The molecular weight excluding hydrogens is 270 g/mol. The van der Waals surface area contributed by atoms with Gasteiger partial charge in [0.15, 0.2) is 5.82 Å². The van der Waals surface area contributed by atoms with Gasteiger partial charge in [-0.2, -0.15) is 9.61 Å². The Morgan fingerprint density at radius 2 is 2.25 bits per heavy atom. The van der Waals surface area contributed by atoms with Crippen LogP contribution in [0.5, 0.6) is 0 Å². The molecule has 1 N–H and O–H groups in total. The van der Waals surface area contributed by atoms with Crippen LogP contribution in [0.4, 0.5) is 0 Å². The summed E-state index contributed by atoms with van der Waals surface area (Å²) < 4.78 is 1.89. The molecule has 0 saturated carbocycles. The molecule has 1 atom stereocenters. The Morgan fingerprint density at radius 3 is 3.15 bits per heavy atom. The molecular formula is C14H15N5S. The van der Waals surface area contributed by atoms with Crippen LogP contribution in [0.3, 0.4) is 0 Å². The molecule has 3 aromatic rings. The van der Waals surface area contributed by atoms with Gasteiger partial charge in [-0.15, -0.1) is 10.2 Å². The van der Waals surface area contributed by atoms with Gasteiger partial charge in [0.1, 0.15) is 5.01 Å². The second kappa shape index (κ2) is 4.64. The number of nitrogens with zero attached hydrogens (tertiary/aromatic N) is 4. The van der Waals surface area contributed by atoms with E-state index in [0.29, 0.717) is 5.92 Å². The molecule has 0 spiro atoms. The molecule has 0 fully saturated rings.